The molecular formula is C7H6NO4S-. The predicted octanol–water partition coefficient (Wildman–Crippen LogP) is 0.974. The van der Waals surface area contributed by atoms with Crippen molar-refractivity contribution in [2.45, 2.75) is 5.75 Å². The van der Waals surface area contributed by atoms with E-state index in [1.807, 2.05) is 0 Å². The van der Waals surface area contributed by atoms with Gasteiger partial charge in [-0.05, 0) is 5.56 Å². The molecule has 0 fully saturated rings. The van der Waals surface area contributed by atoms with Crippen LogP contribution in [0.3, 0.4) is 0 Å². The number of benzene rings is 1. The van der Waals surface area contributed by atoms with Gasteiger partial charge in [0.15, 0.2) is 0 Å². The lowest BCUT2D eigenvalue weighted by atomic mass is 10.2. The molecule has 13 heavy (non-hydrogen) atoms. The molecule has 0 amide bonds. The molecular weight excluding hydrogens is 194 g/mol. The summed E-state index contributed by atoms with van der Waals surface area (Å²) in [4.78, 5) is 9.69. The minimum Gasteiger partial charge on any atom is -0.772 e. The van der Waals surface area contributed by atoms with Crippen LogP contribution in [0.25, 0.3) is 0 Å². The predicted molar refractivity (Wildman–Crippen MR) is 45.7 cm³/mol. The molecule has 5 nitrogen and oxygen atoms in total. The minimum atomic E-state index is -2.15. The summed E-state index contributed by atoms with van der Waals surface area (Å²) in [6, 6.07) is 5.41. The Kier molecular flexibility index (Phi) is 3.10. The fraction of sp³-hybridized carbons (Fsp3) is 0.143. The van der Waals surface area contributed by atoms with E-state index in [1.54, 1.807) is 0 Å². The van der Waals surface area contributed by atoms with E-state index in [4.69, 9.17) is 0 Å². The van der Waals surface area contributed by atoms with E-state index < -0.39 is 16.0 Å². The molecule has 0 aliphatic heterocycles. The highest BCUT2D eigenvalue weighted by Gasteiger charge is 2.03. The molecule has 0 aliphatic carbocycles. The van der Waals surface area contributed by atoms with Crippen LogP contribution in [0, 0.1) is 10.1 Å². The second kappa shape index (κ2) is 4.11. The zero-order chi connectivity index (χ0) is 9.84. The van der Waals surface area contributed by atoms with E-state index >= 15 is 0 Å². The van der Waals surface area contributed by atoms with Crippen molar-refractivity contribution in [2.75, 3.05) is 0 Å². The molecule has 0 saturated carbocycles. The van der Waals surface area contributed by atoms with Crippen molar-refractivity contribution in [3.63, 3.8) is 0 Å². The Morgan fingerprint density at radius 3 is 2.23 bits per heavy atom. The van der Waals surface area contributed by atoms with Gasteiger partial charge in [-0.3, -0.25) is 14.3 Å². The summed E-state index contributed by atoms with van der Waals surface area (Å²) in [5.74, 6) is -0.113. The first kappa shape index (κ1) is 9.82. The largest absolute Gasteiger partial charge is 0.772 e. The van der Waals surface area contributed by atoms with Crippen LogP contribution in [0.5, 0.6) is 0 Å². The first-order chi connectivity index (χ1) is 6.09. The highest BCUT2D eigenvalue weighted by molar-refractivity contribution is 7.78. The summed E-state index contributed by atoms with van der Waals surface area (Å²) in [6.45, 7) is 0. The summed E-state index contributed by atoms with van der Waals surface area (Å²) >= 11 is -2.15. The van der Waals surface area contributed by atoms with E-state index in [0.29, 0.717) is 5.56 Å². The van der Waals surface area contributed by atoms with Gasteiger partial charge in [-0.15, -0.1) is 0 Å². The van der Waals surface area contributed by atoms with Gasteiger partial charge in [-0.1, -0.05) is 23.2 Å². The minimum absolute atomic E-state index is 0.0413. The van der Waals surface area contributed by atoms with Crippen LogP contribution in [0.4, 0.5) is 5.69 Å². The molecule has 1 aromatic carbocycles. The standard InChI is InChI=1S/C7H7NO4S/c9-8(10)7-3-1-6(2-4-7)5-13(11)12/h1-4H,5H2,(H,11,12)/p-1. The third kappa shape index (κ3) is 2.92. The molecule has 0 N–H and O–H groups in total. The monoisotopic (exact) mass is 200 g/mol. The fourth-order valence-corrected chi connectivity index (χ4v) is 1.31. The molecule has 0 bridgehead atoms. The van der Waals surface area contributed by atoms with Crippen molar-refractivity contribution >= 4 is 16.8 Å². The van der Waals surface area contributed by atoms with E-state index in [2.05, 4.69) is 0 Å². The quantitative estimate of drug-likeness (QED) is 0.413. The van der Waals surface area contributed by atoms with Gasteiger partial charge >= 0.3 is 0 Å². The van der Waals surface area contributed by atoms with Crippen LogP contribution in [0.1, 0.15) is 5.56 Å². The molecule has 1 rings (SSSR count). The van der Waals surface area contributed by atoms with Crippen LogP contribution < -0.4 is 0 Å². The zero-order valence-corrected chi connectivity index (χ0v) is 7.32. The maximum absolute atomic E-state index is 10.3. The molecule has 1 aromatic rings. The number of hydrogen-bond donors (Lipinski definition) is 0. The molecule has 6 heteroatoms. The molecule has 0 saturated heterocycles. The maximum atomic E-state index is 10.3. The van der Waals surface area contributed by atoms with E-state index in [9.17, 15) is 18.9 Å². The number of hydrogen-bond acceptors (Lipinski definition) is 4. The Morgan fingerprint density at radius 2 is 1.85 bits per heavy atom. The summed E-state index contributed by atoms with van der Waals surface area (Å²) < 4.78 is 20.5. The molecule has 70 valence electrons. The van der Waals surface area contributed by atoms with E-state index in [-0.39, 0.29) is 11.4 Å². The summed E-state index contributed by atoms with van der Waals surface area (Å²) in [5.41, 5.74) is 0.499. The van der Waals surface area contributed by atoms with Gasteiger partial charge in [0, 0.05) is 17.9 Å². The Hall–Kier alpha value is -1.27. The van der Waals surface area contributed by atoms with Crippen molar-refractivity contribution in [2.24, 2.45) is 0 Å². The molecule has 1 unspecified atom stereocenters. The molecule has 0 spiro atoms. The van der Waals surface area contributed by atoms with E-state index in [0.717, 1.165) is 0 Å². The third-order valence-electron chi connectivity index (χ3n) is 1.43. The van der Waals surface area contributed by atoms with Gasteiger partial charge in [0.2, 0.25) is 0 Å². The van der Waals surface area contributed by atoms with Crippen LogP contribution >= 0.6 is 0 Å². The summed E-state index contributed by atoms with van der Waals surface area (Å²) in [5, 5.41) is 10.2. The zero-order valence-electron chi connectivity index (χ0n) is 6.50. The highest BCUT2D eigenvalue weighted by Crippen LogP contribution is 2.12. The van der Waals surface area contributed by atoms with Crippen LogP contribution in [-0.2, 0) is 16.8 Å². The number of non-ortho nitro benzene ring substituents is 1. The van der Waals surface area contributed by atoms with Crippen molar-refractivity contribution in [3.8, 4) is 0 Å². The molecule has 0 heterocycles. The van der Waals surface area contributed by atoms with Gasteiger partial charge in [-0.25, -0.2) is 0 Å². The second-order valence-corrected chi connectivity index (χ2v) is 3.27. The van der Waals surface area contributed by atoms with Crippen molar-refractivity contribution < 1.29 is 13.7 Å². The van der Waals surface area contributed by atoms with Gasteiger partial charge in [0.05, 0.1) is 4.92 Å². The third-order valence-corrected chi connectivity index (χ3v) is 2.00. The first-order valence-electron chi connectivity index (χ1n) is 3.39. The Morgan fingerprint density at radius 1 is 1.31 bits per heavy atom. The second-order valence-electron chi connectivity index (χ2n) is 2.37. The first-order valence-corrected chi connectivity index (χ1v) is 4.63. The number of rotatable bonds is 3. The summed E-state index contributed by atoms with van der Waals surface area (Å²) in [6.07, 6.45) is 0. The summed E-state index contributed by atoms with van der Waals surface area (Å²) in [7, 11) is 0. The van der Waals surface area contributed by atoms with Crippen molar-refractivity contribution in [1.82, 2.24) is 0 Å². The molecule has 0 aromatic heterocycles. The molecule has 0 radical (unpaired) electrons. The number of nitro groups is 1. The Balaban J connectivity index is 2.81. The lowest BCUT2D eigenvalue weighted by molar-refractivity contribution is -0.384. The smallest absolute Gasteiger partial charge is 0.269 e. The van der Waals surface area contributed by atoms with E-state index in [1.165, 1.54) is 24.3 Å². The Bertz CT molecular complexity index is 335. The van der Waals surface area contributed by atoms with Gasteiger partial charge in [0.25, 0.3) is 5.69 Å². The van der Waals surface area contributed by atoms with Gasteiger partial charge in [-0.2, -0.15) is 0 Å². The molecule has 0 aliphatic rings. The maximum Gasteiger partial charge on any atom is 0.269 e. The van der Waals surface area contributed by atoms with Crippen molar-refractivity contribution in [1.29, 1.82) is 0 Å². The van der Waals surface area contributed by atoms with Crippen LogP contribution in [0.2, 0.25) is 0 Å². The van der Waals surface area contributed by atoms with Gasteiger partial charge in [0.1, 0.15) is 0 Å². The highest BCUT2D eigenvalue weighted by atomic mass is 32.2. The average molecular weight is 200 g/mol. The van der Waals surface area contributed by atoms with Crippen molar-refractivity contribution in [3.05, 3.63) is 39.9 Å². The lowest BCUT2D eigenvalue weighted by Gasteiger charge is -2.03. The van der Waals surface area contributed by atoms with Gasteiger partial charge < -0.3 is 4.55 Å². The Labute approximate surface area is 76.8 Å². The van der Waals surface area contributed by atoms with Crippen LogP contribution in [-0.4, -0.2) is 13.7 Å². The average Bonchev–Trinajstić information content (AvgIpc) is 2.04. The number of nitro benzene ring substituents is 1. The fourth-order valence-electron chi connectivity index (χ4n) is 0.850. The SMILES string of the molecule is O=[N+]([O-])c1ccc(CS(=O)[O-])cc1. The topological polar surface area (TPSA) is 83.3 Å². The number of nitrogens with zero attached hydrogens (tertiary/aromatic N) is 1. The lowest BCUT2D eigenvalue weighted by Crippen LogP contribution is -1.94. The molecule has 1 atom stereocenters. The van der Waals surface area contributed by atoms with Crippen LogP contribution in [0.15, 0.2) is 24.3 Å². The normalized spacial score (nSPS) is 12.4.